The monoisotopic (exact) mass is 371 g/mol. The number of halogens is 1. The Labute approximate surface area is 156 Å². The second-order valence-corrected chi connectivity index (χ2v) is 7.08. The van der Waals surface area contributed by atoms with Crippen molar-refractivity contribution in [1.29, 1.82) is 0 Å². The van der Waals surface area contributed by atoms with Gasteiger partial charge in [0.2, 0.25) is 5.91 Å². The number of nitrogens with one attached hydrogen (secondary N) is 1. The Morgan fingerprint density at radius 2 is 2.08 bits per heavy atom. The minimum atomic E-state index is -0.119. The summed E-state index contributed by atoms with van der Waals surface area (Å²) in [7, 11) is 0. The molecule has 3 rings (SSSR count). The molecule has 1 N–H and O–H groups in total. The molecule has 0 radical (unpaired) electrons. The number of benzene rings is 1. The lowest BCUT2D eigenvalue weighted by atomic mass is 10.2. The highest BCUT2D eigenvalue weighted by Crippen LogP contribution is 2.30. The molecule has 0 aliphatic carbocycles. The van der Waals surface area contributed by atoms with Crippen molar-refractivity contribution in [3.05, 3.63) is 77.6 Å². The molecule has 6 heteroatoms. The van der Waals surface area contributed by atoms with Gasteiger partial charge < -0.3 is 10.2 Å². The zero-order valence-electron chi connectivity index (χ0n) is 13.7. The number of hydrogen-bond donors (Lipinski definition) is 1. The number of carbonyl (C=O) groups is 1. The van der Waals surface area contributed by atoms with Crippen LogP contribution in [0.5, 0.6) is 0 Å². The van der Waals surface area contributed by atoms with Gasteiger partial charge in [-0.05, 0) is 48.0 Å². The van der Waals surface area contributed by atoms with E-state index >= 15 is 0 Å². The van der Waals surface area contributed by atoms with Crippen LogP contribution in [0, 0.1) is 0 Å². The molecule has 1 aromatic carbocycles. The SMILES string of the molecule is CC(=O)Nc1cc(CSC2C=CC=CN2c2ccc(Cl)cc2)ccn1. The average Bonchev–Trinajstić information content (AvgIpc) is 2.61. The van der Waals surface area contributed by atoms with Gasteiger partial charge in [-0.25, -0.2) is 4.98 Å². The van der Waals surface area contributed by atoms with Gasteiger partial charge in [-0.2, -0.15) is 0 Å². The van der Waals surface area contributed by atoms with Crippen molar-refractivity contribution < 1.29 is 4.79 Å². The smallest absolute Gasteiger partial charge is 0.222 e. The number of thioether (sulfide) groups is 1. The van der Waals surface area contributed by atoms with Gasteiger partial charge in [0, 0.05) is 35.8 Å². The van der Waals surface area contributed by atoms with Crippen LogP contribution in [0.3, 0.4) is 0 Å². The van der Waals surface area contributed by atoms with Crippen LogP contribution in [-0.4, -0.2) is 16.3 Å². The van der Waals surface area contributed by atoms with E-state index in [1.807, 2.05) is 42.5 Å². The maximum absolute atomic E-state index is 11.2. The van der Waals surface area contributed by atoms with Crippen molar-refractivity contribution in [3.8, 4) is 0 Å². The van der Waals surface area contributed by atoms with Crippen LogP contribution < -0.4 is 10.2 Å². The molecule has 1 aromatic heterocycles. The quantitative estimate of drug-likeness (QED) is 0.816. The molecule has 4 nitrogen and oxygen atoms in total. The first-order chi connectivity index (χ1) is 12.1. The zero-order chi connectivity index (χ0) is 17.6. The molecule has 0 bridgehead atoms. The summed E-state index contributed by atoms with van der Waals surface area (Å²) in [6.07, 6.45) is 10.0. The summed E-state index contributed by atoms with van der Waals surface area (Å²) in [6, 6.07) is 11.7. The van der Waals surface area contributed by atoms with Crippen molar-refractivity contribution in [1.82, 2.24) is 4.98 Å². The Hall–Kier alpha value is -2.24. The van der Waals surface area contributed by atoms with Crippen LogP contribution in [0.25, 0.3) is 0 Å². The maximum Gasteiger partial charge on any atom is 0.222 e. The molecule has 1 aliphatic rings. The summed E-state index contributed by atoms with van der Waals surface area (Å²) in [4.78, 5) is 17.5. The van der Waals surface area contributed by atoms with Crippen LogP contribution in [-0.2, 0) is 10.5 Å². The van der Waals surface area contributed by atoms with Gasteiger partial charge in [-0.3, -0.25) is 4.79 Å². The van der Waals surface area contributed by atoms with Crippen molar-refractivity contribution >= 4 is 40.8 Å². The van der Waals surface area contributed by atoms with Crippen molar-refractivity contribution in [2.45, 2.75) is 18.1 Å². The summed E-state index contributed by atoms with van der Waals surface area (Å²) in [5.74, 6) is 1.27. The van der Waals surface area contributed by atoms with Gasteiger partial charge in [0.1, 0.15) is 5.82 Å². The fourth-order valence-electron chi connectivity index (χ4n) is 2.46. The third-order valence-electron chi connectivity index (χ3n) is 3.58. The van der Waals surface area contributed by atoms with Crippen LogP contribution in [0.4, 0.5) is 11.5 Å². The van der Waals surface area contributed by atoms with Crippen LogP contribution in [0.15, 0.2) is 67.0 Å². The Bertz CT molecular complexity index is 805. The molecule has 1 amide bonds. The molecule has 2 heterocycles. The third kappa shape index (κ3) is 4.87. The van der Waals surface area contributed by atoms with E-state index in [1.165, 1.54) is 6.92 Å². The molecular weight excluding hydrogens is 354 g/mol. The molecule has 0 fully saturated rings. The zero-order valence-corrected chi connectivity index (χ0v) is 15.3. The van der Waals surface area contributed by atoms with E-state index in [0.717, 1.165) is 22.0 Å². The Balaban J connectivity index is 1.68. The molecule has 1 aliphatic heterocycles. The fourth-order valence-corrected chi connectivity index (χ4v) is 3.68. The Morgan fingerprint density at radius 1 is 1.28 bits per heavy atom. The molecule has 0 saturated heterocycles. The van der Waals surface area contributed by atoms with Crippen molar-refractivity contribution in [2.75, 3.05) is 10.2 Å². The van der Waals surface area contributed by atoms with E-state index in [1.54, 1.807) is 18.0 Å². The lowest BCUT2D eigenvalue weighted by Gasteiger charge is -2.30. The molecule has 0 spiro atoms. The summed E-state index contributed by atoms with van der Waals surface area (Å²) in [6.45, 7) is 1.48. The van der Waals surface area contributed by atoms with Gasteiger partial charge >= 0.3 is 0 Å². The number of amides is 1. The Kier molecular flexibility index (Phi) is 5.79. The van der Waals surface area contributed by atoms with Crippen LogP contribution in [0.2, 0.25) is 5.02 Å². The van der Waals surface area contributed by atoms with Crippen LogP contribution >= 0.6 is 23.4 Å². The molecule has 0 saturated carbocycles. The minimum absolute atomic E-state index is 0.119. The van der Waals surface area contributed by atoms with Gasteiger partial charge in [-0.1, -0.05) is 23.8 Å². The molecule has 2 aromatic rings. The van der Waals surface area contributed by atoms with Crippen molar-refractivity contribution in [3.63, 3.8) is 0 Å². The topological polar surface area (TPSA) is 45.2 Å². The number of allylic oxidation sites excluding steroid dienone is 2. The van der Waals surface area contributed by atoms with Gasteiger partial charge in [0.25, 0.3) is 0 Å². The van der Waals surface area contributed by atoms with Gasteiger partial charge in [-0.15, -0.1) is 11.8 Å². The summed E-state index contributed by atoms with van der Waals surface area (Å²) >= 11 is 7.79. The molecule has 128 valence electrons. The number of anilines is 2. The average molecular weight is 372 g/mol. The number of hydrogen-bond acceptors (Lipinski definition) is 4. The molecular formula is C19H18ClN3OS. The highest BCUT2D eigenvalue weighted by atomic mass is 35.5. The second kappa shape index (κ2) is 8.23. The number of nitrogens with zero attached hydrogens (tertiary/aromatic N) is 2. The number of pyridine rings is 1. The first-order valence-electron chi connectivity index (χ1n) is 7.85. The lowest BCUT2D eigenvalue weighted by Crippen LogP contribution is -2.27. The van der Waals surface area contributed by atoms with E-state index in [0.29, 0.717) is 5.82 Å². The van der Waals surface area contributed by atoms with E-state index < -0.39 is 0 Å². The minimum Gasteiger partial charge on any atom is -0.332 e. The normalized spacial score (nSPS) is 16.1. The van der Waals surface area contributed by atoms with Gasteiger partial charge in [0.15, 0.2) is 0 Å². The number of rotatable bonds is 5. The highest BCUT2D eigenvalue weighted by Gasteiger charge is 2.17. The second-order valence-electron chi connectivity index (χ2n) is 5.54. The largest absolute Gasteiger partial charge is 0.332 e. The molecule has 1 atom stereocenters. The predicted molar refractivity (Wildman–Crippen MR) is 106 cm³/mol. The third-order valence-corrected chi connectivity index (χ3v) is 5.06. The maximum atomic E-state index is 11.2. The van der Waals surface area contributed by atoms with E-state index in [9.17, 15) is 4.79 Å². The number of carbonyl (C=O) groups excluding carboxylic acids is 1. The molecule has 25 heavy (non-hydrogen) atoms. The summed E-state index contributed by atoms with van der Waals surface area (Å²) < 4.78 is 0. The first kappa shape index (κ1) is 17.6. The van der Waals surface area contributed by atoms with E-state index in [4.69, 9.17) is 11.6 Å². The van der Waals surface area contributed by atoms with E-state index in [-0.39, 0.29) is 11.3 Å². The Morgan fingerprint density at radius 3 is 2.84 bits per heavy atom. The summed E-state index contributed by atoms with van der Waals surface area (Å²) in [5, 5.41) is 3.63. The first-order valence-corrected chi connectivity index (χ1v) is 9.27. The standard InChI is InChI=1S/C19H18ClN3OS/c1-14(24)22-18-12-15(9-10-21-18)13-25-19-4-2-3-11-23(19)17-7-5-16(20)6-8-17/h2-12,19H,13H2,1H3,(H,21,22,24). The number of aromatic nitrogens is 1. The van der Waals surface area contributed by atoms with Crippen molar-refractivity contribution in [2.24, 2.45) is 0 Å². The fraction of sp³-hybridized carbons (Fsp3) is 0.158. The van der Waals surface area contributed by atoms with E-state index in [2.05, 4.69) is 33.6 Å². The molecule has 1 unspecified atom stereocenters. The highest BCUT2D eigenvalue weighted by molar-refractivity contribution is 7.99. The van der Waals surface area contributed by atoms with Gasteiger partial charge in [0.05, 0.1) is 5.37 Å². The lowest BCUT2D eigenvalue weighted by molar-refractivity contribution is -0.114. The summed E-state index contributed by atoms with van der Waals surface area (Å²) in [5.41, 5.74) is 2.21. The predicted octanol–water partition coefficient (Wildman–Crippen LogP) is 4.84. The van der Waals surface area contributed by atoms with Crippen LogP contribution in [0.1, 0.15) is 12.5 Å².